The van der Waals surface area contributed by atoms with Gasteiger partial charge in [0.1, 0.15) is 0 Å². The molecule has 6 heteroatoms. The number of benzene rings is 1. The summed E-state index contributed by atoms with van der Waals surface area (Å²) in [5, 5.41) is 9.30. The first-order chi connectivity index (χ1) is 9.99. The van der Waals surface area contributed by atoms with Gasteiger partial charge in [0, 0.05) is 17.8 Å². The van der Waals surface area contributed by atoms with Crippen molar-refractivity contribution >= 4 is 5.97 Å². The van der Waals surface area contributed by atoms with Crippen LogP contribution in [-0.2, 0) is 0 Å². The third-order valence-electron chi connectivity index (χ3n) is 3.48. The molecule has 0 spiro atoms. The molecule has 0 amide bonds. The average molecular weight is 287 g/mol. The summed E-state index contributed by atoms with van der Waals surface area (Å²) in [7, 11) is 0. The van der Waals surface area contributed by atoms with E-state index in [0.29, 0.717) is 28.4 Å². The van der Waals surface area contributed by atoms with E-state index in [1.807, 2.05) is 0 Å². The van der Waals surface area contributed by atoms with Gasteiger partial charge in [0.15, 0.2) is 11.5 Å². The molecule has 6 nitrogen and oxygen atoms in total. The second kappa shape index (κ2) is 4.66. The molecule has 0 fully saturated rings. The topological polar surface area (TPSA) is 77.8 Å². The number of ether oxygens (including phenoxy) is 2. The fraction of sp³-hybridized carbons (Fsp3) is 0.200. The zero-order chi connectivity index (χ0) is 15.1. The summed E-state index contributed by atoms with van der Waals surface area (Å²) in [6.45, 7) is 3.37. The van der Waals surface area contributed by atoms with Gasteiger partial charge in [-0.1, -0.05) is 0 Å². The number of nitrogens with zero attached hydrogens (tertiary/aromatic N) is 1. The molecule has 1 N–H and O–H groups in total. The van der Waals surface area contributed by atoms with Crippen molar-refractivity contribution in [2.45, 2.75) is 13.8 Å². The van der Waals surface area contributed by atoms with E-state index < -0.39 is 5.97 Å². The quantitative estimate of drug-likeness (QED) is 0.912. The molecule has 0 bridgehead atoms. The van der Waals surface area contributed by atoms with Gasteiger partial charge in [0.05, 0.1) is 11.3 Å². The lowest BCUT2D eigenvalue weighted by Gasteiger charge is -2.14. The normalized spacial score (nSPS) is 12.5. The van der Waals surface area contributed by atoms with Crippen LogP contribution in [0, 0.1) is 13.8 Å². The summed E-state index contributed by atoms with van der Waals surface area (Å²) in [5.41, 5.74) is 1.22. The second-order valence-electron chi connectivity index (χ2n) is 4.80. The van der Waals surface area contributed by atoms with Crippen molar-refractivity contribution in [3.63, 3.8) is 0 Å². The second-order valence-corrected chi connectivity index (χ2v) is 4.80. The van der Waals surface area contributed by atoms with E-state index >= 15 is 0 Å². The molecule has 0 saturated carbocycles. The molecule has 0 unspecified atom stereocenters. The van der Waals surface area contributed by atoms with E-state index in [4.69, 9.17) is 9.47 Å². The van der Waals surface area contributed by atoms with Crippen LogP contribution in [0.3, 0.4) is 0 Å². The van der Waals surface area contributed by atoms with Crippen LogP contribution in [-0.4, -0.2) is 22.4 Å². The molecule has 1 aromatic heterocycles. The molecule has 0 saturated heterocycles. The first-order valence-electron chi connectivity index (χ1n) is 6.35. The fourth-order valence-electron chi connectivity index (χ4n) is 2.55. The van der Waals surface area contributed by atoms with E-state index in [1.165, 1.54) is 10.6 Å². The summed E-state index contributed by atoms with van der Waals surface area (Å²) in [6.07, 6.45) is 0. The average Bonchev–Trinajstić information content (AvgIpc) is 2.84. The number of hydrogen-bond donors (Lipinski definition) is 1. The van der Waals surface area contributed by atoms with Crippen LogP contribution in [0.25, 0.3) is 5.69 Å². The Labute approximate surface area is 120 Å². The van der Waals surface area contributed by atoms with Crippen molar-refractivity contribution in [3.8, 4) is 17.2 Å². The molecule has 21 heavy (non-hydrogen) atoms. The Balaban J connectivity index is 2.25. The van der Waals surface area contributed by atoms with Gasteiger partial charge < -0.3 is 14.6 Å². The van der Waals surface area contributed by atoms with Crippen molar-refractivity contribution < 1.29 is 19.4 Å². The number of rotatable bonds is 2. The molecular weight excluding hydrogens is 274 g/mol. The van der Waals surface area contributed by atoms with Crippen molar-refractivity contribution in [3.05, 3.63) is 51.4 Å². The standard InChI is InChI=1S/C15H13NO5/c1-8-5-13(17)16(9(2)14(8)15(18)19)10-3-4-11-12(6-10)21-7-20-11/h3-6H,7H2,1-2H3,(H,18,19). The van der Waals surface area contributed by atoms with Crippen LogP contribution in [0.4, 0.5) is 0 Å². The highest BCUT2D eigenvalue weighted by Gasteiger charge is 2.19. The first kappa shape index (κ1) is 13.2. The largest absolute Gasteiger partial charge is 0.478 e. The monoisotopic (exact) mass is 287 g/mol. The molecule has 108 valence electrons. The van der Waals surface area contributed by atoms with Crippen LogP contribution >= 0.6 is 0 Å². The number of carboxylic acid groups (broad SMARTS) is 1. The molecule has 2 heterocycles. The molecule has 0 atom stereocenters. The Morgan fingerprint density at radius 2 is 1.90 bits per heavy atom. The summed E-state index contributed by atoms with van der Waals surface area (Å²) >= 11 is 0. The lowest BCUT2D eigenvalue weighted by Crippen LogP contribution is -2.24. The highest BCUT2D eigenvalue weighted by atomic mass is 16.7. The van der Waals surface area contributed by atoms with Gasteiger partial charge in [0.25, 0.3) is 5.56 Å². The van der Waals surface area contributed by atoms with E-state index in [-0.39, 0.29) is 17.9 Å². The number of carboxylic acids is 1. The Kier molecular flexibility index (Phi) is 2.94. The minimum absolute atomic E-state index is 0.132. The summed E-state index contributed by atoms with van der Waals surface area (Å²) in [5.74, 6) is 0.0887. The van der Waals surface area contributed by atoms with Crippen molar-refractivity contribution in [1.82, 2.24) is 4.57 Å². The summed E-state index contributed by atoms with van der Waals surface area (Å²) < 4.78 is 11.9. The zero-order valence-electron chi connectivity index (χ0n) is 11.5. The van der Waals surface area contributed by atoms with Gasteiger partial charge in [-0.15, -0.1) is 0 Å². The Bertz CT molecular complexity index is 806. The van der Waals surface area contributed by atoms with Crippen molar-refractivity contribution in [1.29, 1.82) is 0 Å². The number of pyridine rings is 1. The lowest BCUT2D eigenvalue weighted by molar-refractivity contribution is 0.0694. The maximum atomic E-state index is 12.2. The van der Waals surface area contributed by atoms with Crippen LogP contribution in [0.5, 0.6) is 11.5 Å². The number of carbonyl (C=O) groups is 1. The minimum Gasteiger partial charge on any atom is -0.478 e. The maximum absolute atomic E-state index is 12.2. The van der Waals surface area contributed by atoms with E-state index in [2.05, 4.69) is 0 Å². The molecule has 0 radical (unpaired) electrons. The van der Waals surface area contributed by atoms with Crippen molar-refractivity contribution in [2.75, 3.05) is 6.79 Å². The molecule has 0 aliphatic carbocycles. The number of aryl methyl sites for hydroxylation is 1. The third kappa shape index (κ3) is 2.05. The van der Waals surface area contributed by atoms with E-state index in [0.717, 1.165) is 0 Å². The van der Waals surface area contributed by atoms with Gasteiger partial charge in [-0.05, 0) is 31.5 Å². The van der Waals surface area contributed by atoms with Crippen LogP contribution < -0.4 is 15.0 Å². The van der Waals surface area contributed by atoms with E-state index in [9.17, 15) is 14.7 Å². The SMILES string of the molecule is Cc1cc(=O)n(-c2ccc3c(c2)OCO3)c(C)c1C(=O)O. The molecule has 1 aliphatic heterocycles. The Hall–Kier alpha value is -2.76. The van der Waals surface area contributed by atoms with Gasteiger partial charge in [-0.25, -0.2) is 4.79 Å². The molecule has 3 rings (SSSR count). The van der Waals surface area contributed by atoms with E-state index in [1.54, 1.807) is 32.0 Å². The predicted molar refractivity (Wildman–Crippen MR) is 74.6 cm³/mol. The number of fused-ring (bicyclic) bond motifs is 1. The van der Waals surface area contributed by atoms with Gasteiger partial charge in [0.2, 0.25) is 6.79 Å². The van der Waals surface area contributed by atoms with Gasteiger partial charge in [-0.3, -0.25) is 9.36 Å². The first-order valence-corrected chi connectivity index (χ1v) is 6.35. The van der Waals surface area contributed by atoms with Crippen molar-refractivity contribution in [2.24, 2.45) is 0 Å². The fourth-order valence-corrected chi connectivity index (χ4v) is 2.55. The highest BCUT2D eigenvalue weighted by Crippen LogP contribution is 2.33. The molecule has 1 aromatic carbocycles. The van der Waals surface area contributed by atoms with Gasteiger partial charge in [-0.2, -0.15) is 0 Å². The predicted octanol–water partition coefficient (Wildman–Crippen LogP) is 1.88. The van der Waals surface area contributed by atoms with Crippen LogP contribution in [0.2, 0.25) is 0 Å². The molecule has 2 aromatic rings. The smallest absolute Gasteiger partial charge is 0.337 e. The number of hydrogen-bond acceptors (Lipinski definition) is 4. The lowest BCUT2D eigenvalue weighted by atomic mass is 10.1. The minimum atomic E-state index is -1.06. The van der Waals surface area contributed by atoms with Gasteiger partial charge >= 0.3 is 5.97 Å². The third-order valence-corrected chi connectivity index (χ3v) is 3.48. The number of aromatic nitrogens is 1. The Morgan fingerprint density at radius 3 is 2.62 bits per heavy atom. The summed E-state index contributed by atoms with van der Waals surface area (Å²) in [4.78, 5) is 23.6. The Morgan fingerprint density at radius 1 is 1.19 bits per heavy atom. The van der Waals surface area contributed by atoms with Crippen LogP contribution in [0.1, 0.15) is 21.6 Å². The van der Waals surface area contributed by atoms with Crippen LogP contribution in [0.15, 0.2) is 29.1 Å². The molecular formula is C15H13NO5. The number of aromatic carboxylic acids is 1. The maximum Gasteiger partial charge on any atom is 0.337 e. The molecule has 1 aliphatic rings. The highest BCUT2D eigenvalue weighted by molar-refractivity contribution is 5.90. The zero-order valence-corrected chi connectivity index (χ0v) is 11.5. The summed E-state index contributed by atoms with van der Waals surface area (Å²) in [6, 6.07) is 6.38.